The zero-order valence-corrected chi connectivity index (χ0v) is 53.9. The van der Waals surface area contributed by atoms with E-state index >= 15 is 0 Å². The summed E-state index contributed by atoms with van der Waals surface area (Å²) < 4.78 is 0. The van der Waals surface area contributed by atoms with Crippen LogP contribution in [0.4, 0.5) is 0 Å². The number of rotatable bonds is 2. The summed E-state index contributed by atoms with van der Waals surface area (Å²) in [4.78, 5) is 9.71. The van der Waals surface area contributed by atoms with Gasteiger partial charge in [0.2, 0.25) is 0 Å². The standard InChI is InChI=1S/C4H9NO.15W/c1-2-3-4(5)6;;;;;;;;;;;;;;;/h2-3H2,1H3,(H2,5,6);;;;;;;;;;;;;;;/p-1. The summed E-state index contributed by atoms with van der Waals surface area (Å²) >= 11 is 0. The van der Waals surface area contributed by atoms with Gasteiger partial charge in [0.15, 0.2) is 0 Å². The molecule has 21 heavy (non-hydrogen) atoms. The maximum atomic E-state index is 9.71. The minimum absolute atomic E-state index is 0. The van der Waals surface area contributed by atoms with E-state index in [0.29, 0.717) is 6.42 Å². The Bertz CT molecular complexity index is 69.6. The molecule has 0 spiro atoms. The third kappa shape index (κ3) is 141. The maximum Gasteiger partial charge on any atom is 0.0487 e. The number of hydrogen-bond donors (Lipinski definition) is 0. The Labute approximate surface area is 343 Å². The third-order valence-electron chi connectivity index (χ3n) is 0.477. The molecule has 0 heterocycles. The van der Waals surface area contributed by atoms with Crippen LogP contribution in [0.1, 0.15) is 19.8 Å². The quantitative estimate of drug-likeness (QED) is 0.413. The average molecular weight is 2840 g/mol. The molecule has 0 radical (unpaired) electrons. The molecule has 0 aromatic rings. The van der Waals surface area contributed by atoms with Crippen molar-refractivity contribution in [3.05, 3.63) is 5.73 Å². The van der Waals surface area contributed by atoms with Crippen LogP contribution in [0, 0.1) is 0 Å². The Morgan fingerprint density at radius 3 is 0.714 bits per heavy atom. The van der Waals surface area contributed by atoms with Crippen LogP contribution >= 0.6 is 0 Å². The van der Waals surface area contributed by atoms with Crippen LogP contribution in [-0.4, -0.2) is 5.91 Å². The van der Waals surface area contributed by atoms with Gasteiger partial charge >= 0.3 is 0 Å². The van der Waals surface area contributed by atoms with Crippen LogP contribution in [0.2, 0.25) is 0 Å². The Morgan fingerprint density at radius 2 is 0.714 bits per heavy atom. The number of carbonyl (C=O) groups is 1. The molecule has 0 aliphatic carbocycles. The molecule has 0 aliphatic heterocycles. The van der Waals surface area contributed by atoms with Gasteiger partial charge in [-0.3, -0.25) is 0 Å². The fraction of sp³-hybridized carbons (Fsp3) is 0.750. The zero-order chi connectivity index (χ0) is 4.99. The number of carbonyl (C=O) groups excluding carboxylic acids is 1. The first-order chi connectivity index (χ1) is 2.77. The molecule has 1 amide bonds. The first-order valence-electron chi connectivity index (χ1n) is 2.01. The van der Waals surface area contributed by atoms with E-state index in [2.05, 4.69) is 0 Å². The molecule has 0 rings (SSSR count). The third-order valence-corrected chi connectivity index (χ3v) is 0.477. The predicted molar refractivity (Wildman–Crippen MR) is 24.2 cm³/mol. The van der Waals surface area contributed by atoms with E-state index in [9.17, 15) is 4.79 Å². The Morgan fingerprint density at radius 1 is 0.571 bits per heavy atom. The number of hydrogen-bond acceptors (Lipinski definition) is 1. The number of nitrogens with one attached hydrogen (secondary N) is 1. The van der Waals surface area contributed by atoms with Crippen molar-refractivity contribution in [1.29, 1.82) is 0 Å². The van der Waals surface area contributed by atoms with Crippen molar-refractivity contribution in [2.45, 2.75) is 19.8 Å². The molecule has 0 atom stereocenters. The van der Waals surface area contributed by atoms with Crippen molar-refractivity contribution in [2.24, 2.45) is 0 Å². The Hall–Kier alpha value is 9.79. The molecule has 0 aliphatic rings. The normalized spacial score (nSPS) is 2.33. The van der Waals surface area contributed by atoms with Gasteiger partial charge in [0.1, 0.15) is 0 Å². The van der Waals surface area contributed by atoms with E-state index < -0.39 is 5.91 Å². The van der Waals surface area contributed by atoms with Gasteiger partial charge in [0.05, 0.1) is 0 Å². The molecular weight excluding hydrogens is 2840 g/mol. The molecule has 0 saturated heterocycles. The molecule has 2 nitrogen and oxygen atoms in total. The minimum atomic E-state index is -0.461. The number of amides is 1. The molecule has 0 saturated carbocycles. The van der Waals surface area contributed by atoms with Crippen molar-refractivity contribution in [2.75, 3.05) is 0 Å². The van der Waals surface area contributed by atoms with Crippen LogP contribution in [0.5, 0.6) is 0 Å². The van der Waals surface area contributed by atoms with E-state index in [4.69, 9.17) is 5.73 Å². The molecule has 0 aromatic heterocycles. The van der Waals surface area contributed by atoms with Gasteiger partial charge in [-0.15, -0.1) is 0 Å². The van der Waals surface area contributed by atoms with Crippen molar-refractivity contribution in [3.63, 3.8) is 0 Å². The van der Waals surface area contributed by atoms with E-state index in [1.54, 1.807) is 0 Å². The van der Waals surface area contributed by atoms with E-state index in [1.807, 2.05) is 6.92 Å². The van der Waals surface area contributed by atoms with Crippen LogP contribution in [-0.2, 0) is 321 Å². The molecular formula is C4H8NOW15-. The summed E-state index contributed by atoms with van der Waals surface area (Å²) in [7, 11) is 0. The predicted octanol–water partition coefficient (Wildman–Crippen LogP) is 1.33. The van der Waals surface area contributed by atoms with Crippen LogP contribution in [0.3, 0.4) is 0 Å². The van der Waals surface area contributed by atoms with Gasteiger partial charge in [0.25, 0.3) is 0 Å². The summed E-state index contributed by atoms with van der Waals surface area (Å²) in [5, 5.41) is 0. The van der Waals surface area contributed by atoms with Gasteiger partial charge in [0, 0.05) is 322 Å². The molecule has 0 bridgehead atoms. The second-order valence-corrected chi connectivity index (χ2v) is 1.17. The molecule has 126 valence electrons. The van der Waals surface area contributed by atoms with Gasteiger partial charge in [-0.05, 0) is 6.42 Å². The topological polar surface area (TPSA) is 40.9 Å². The fourth-order valence-electron chi connectivity index (χ4n) is 0.227. The average Bonchev–Trinajstić information content (AvgIpc) is 1.35. The van der Waals surface area contributed by atoms with Crippen molar-refractivity contribution in [1.82, 2.24) is 0 Å². The van der Waals surface area contributed by atoms with Crippen molar-refractivity contribution < 1.29 is 321 Å². The zero-order valence-electron chi connectivity index (χ0n) is 9.95. The smallest absolute Gasteiger partial charge is 0.0487 e. The van der Waals surface area contributed by atoms with E-state index in [-0.39, 0.29) is 316 Å². The minimum Gasteiger partial charge on any atom is -0.668 e. The summed E-state index contributed by atoms with van der Waals surface area (Å²) in [5.74, 6) is -0.461. The van der Waals surface area contributed by atoms with Crippen molar-refractivity contribution >= 4 is 5.91 Å². The van der Waals surface area contributed by atoms with E-state index in [1.165, 1.54) is 0 Å². The molecule has 17 heteroatoms. The first-order valence-corrected chi connectivity index (χ1v) is 2.01. The summed E-state index contributed by atoms with van der Waals surface area (Å²) in [6, 6.07) is 0. The SMILES string of the molecule is CCCC([NH-])=O.[W].[W].[W].[W].[W].[W].[W].[W].[W].[W].[W].[W].[W].[W].[W]. The van der Waals surface area contributed by atoms with E-state index in [0.717, 1.165) is 6.42 Å². The monoisotopic (exact) mass is 2850 g/mol. The summed E-state index contributed by atoms with van der Waals surface area (Å²) in [6.45, 7) is 1.88. The first kappa shape index (κ1) is 125. The second-order valence-electron chi connectivity index (χ2n) is 1.17. The van der Waals surface area contributed by atoms with Gasteiger partial charge < -0.3 is 10.5 Å². The van der Waals surface area contributed by atoms with Crippen LogP contribution < -0.4 is 0 Å². The fourth-order valence-corrected chi connectivity index (χ4v) is 0.227. The molecule has 0 fully saturated rings. The van der Waals surface area contributed by atoms with Gasteiger partial charge in [-0.2, -0.15) is 0 Å². The Balaban J connectivity index is -0.00000000119. The molecule has 0 unspecified atom stereocenters. The second kappa shape index (κ2) is 113. The van der Waals surface area contributed by atoms with Crippen LogP contribution in [0.25, 0.3) is 5.73 Å². The maximum absolute atomic E-state index is 9.71. The molecule has 0 aromatic carbocycles. The molecule has 1 N–H and O–H groups in total. The summed E-state index contributed by atoms with van der Waals surface area (Å²) in [5.41, 5.74) is 6.34. The Kier molecular flexibility index (Phi) is 671. The largest absolute Gasteiger partial charge is 0.668 e. The van der Waals surface area contributed by atoms with Gasteiger partial charge in [-0.25, -0.2) is 0 Å². The van der Waals surface area contributed by atoms with Crippen molar-refractivity contribution in [3.8, 4) is 0 Å². The summed E-state index contributed by atoms with van der Waals surface area (Å²) in [6.07, 6.45) is 1.20. The van der Waals surface area contributed by atoms with Gasteiger partial charge in [-0.1, -0.05) is 13.3 Å². The van der Waals surface area contributed by atoms with Crippen LogP contribution in [0.15, 0.2) is 0 Å².